The molecule has 0 radical (unpaired) electrons. The van der Waals surface area contributed by atoms with E-state index in [-0.39, 0.29) is 12.3 Å². The molecule has 1 aromatic carbocycles. The van der Waals surface area contributed by atoms with Crippen molar-refractivity contribution in [2.45, 2.75) is 25.8 Å². The lowest BCUT2D eigenvalue weighted by Gasteiger charge is -2.23. The third kappa shape index (κ3) is 5.14. The number of ether oxygens (including phenoxy) is 1. The van der Waals surface area contributed by atoms with Crippen LogP contribution < -0.4 is 10.1 Å². The maximum Gasteiger partial charge on any atom is 0.305 e. The first-order chi connectivity index (χ1) is 9.34. The van der Waals surface area contributed by atoms with E-state index in [1.54, 1.807) is 33.1 Å². The van der Waals surface area contributed by atoms with Crippen molar-refractivity contribution in [1.82, 2.24) is 5.32 Å². The average Bonchev–Trinajstić information content (AvgIpc) is 2.34. The van der Waals surface area contributed by atoms with Gasteiger partial charge in [0.05, 0.1) is 13.5 Å². The standard InChI is InChI=1S/C15H19NO4/c1-15(2,10-14(18)19)16-13(17)9-8-11-6-4-5-7-12(11)20-3/h4-9H,10H2,1-3H3,(H,16,17)(H,18,19). The van der Waals surface area contributed by atoms with Crippen molar-refractivity contribution >= 4 is 18.0 Å². The number of carbonyl (C=O) groups is 2. The number of carboxylic acid groups (broad SMARTS) is 1. The lowest BCUT2D eigenvalue weighted by Crippen LogP contribution is -2.44. The van der Waals surface area contributed by atoms with Gasteiger partial charge in [0.1, 0.15) is 5.75 Å². The second-order valence-corrected chi connectivity index (χ2v) is 5.02. The summed E-state index contributed by atoms with van der Waals surface area (Å²) in [6.45, 7) is 3.33. The van der Waals surface area contributed by atoms with E-state index in [0.29, 0.717) is 5.75 Å². The quantitative estimate of drug-likeness (QED) is 0.781. The molecule has 0 saturated heterocycles. The maximum absolute atomic E-state index is 11.8. The molecule has 0 unspecified atom stereocenters. The maximum atomic E-state index is 11.8. The highest BCUT2D eigenvalue weighted by Crippen LogP contribution is 2.18. The molecule has 108 valence electrons. The summed E-state index contributed by atoms with van der Waals surface area (Å²) < 4.78 is 5.17. The van der Waals surface area contributed by atoms with Crippen LogP contribution in [-0.2, 0) is 9.59 Å². The first-order valence-corrected chi connectivity index (χ1v) is 6.19. The highest BCUT2D eigenvalue weighted by atomic mass is 16.5. The van der Waals surface area contributed by atoms with Gasteiger partial charge in [-0.1, -0.05) is 18.2 Å². The predicted molar refractivity (Wildman–Crippen MR) is 76.5 cm³/mol. The van der Waals surface area contributed by atoms with Crippen molar-refractivity contribution in [2.24, 2.45) is 0 Å². The van der Waals surface area contributed by atoms with Crippen LogP contribution in [0.1, 0.15) is 25.8 Å². The molecule has 1 rings (SSSR count). The Balaban J connectivity index is 2.71. The van der Waals surface area contributed by atoms with E-state index in [1.807, 2.05) is 18.2 Å². The summed E-state index contributed by atoms with van der Waals surface area (Å²) in [6, 6.07) is 7.30. The third-order valence-corrected chi connectivity index (χ3v) is 2.61. The van der Waals surface area contributed by atoms with Crippen molar-refractivity contribution in [3.8, 4) is 5.75 Å². The Morgan fingerprint density at radius 2 is 2.00 bits per heavy atom. The van der Waals surface area contributed by atoms with Gasteiger partial charge in [-0.05, 0) is 26.0 Å². The first kappa shape index (κ1) is 15.8. The fraction of sp³-hybridized carbons (Fsp3) is 0.333. The number of amides is 1. The summed E-state index contributed by atoms with van der Waals surface area (Å²) in [5.74, 6) is -0.632. The number of rotatable bonds is 6. The first-order valence-electron chi connectivity index (χ1n) is 6.19. The van der Waals surface area contributed by atoms with E-state index in [2.05, 4.69) is 5.32 Å². The van der Waals surface area contributed by atoms with Crippen LogP contribution in [0.3, 0.4) is 0 Å². The summed E-state index contributed by atoms with van der Waals surface area (Å²) in [6.07, 6.45) is 2.85. The molecule has 0 spiro atoms. The zero-order valence-corrected chi connectivity index (χ0v) is 11.8. The molecule has 0 heterocycles. The van der Waals surface area contributed by atoms with E-state index in [1.165, 1.54) is 6.08 Å². The third-order valence-electron chi connectivity index (χ3n) is 2.61. The predicted octanol–water partition coefficient (Wildman–Crippen LogP) is 2.08. The van der Waals surface area contributed by atoms with E-state index < -0.39 is 11.5 Å². The Morgan fingerprint density at radius 3 is 2.60 bits per heavy atom. The Bertz CT molecular complexity index is 520. The van der Waals surface area contributed by atoms with Crippen molar-refractivity contribution in [1.29, 1.82) is 0 Å². The molecule has 0 atom stereocenters. The van der Waals surface area contributed by atoms with Gasteiger partial charge in [-0.15, -0.1) is 0 Å². The number of nitrogens with one attached hydrogen (secondary N) is 1. The fourth-order valence-electron chi connectivity index (χ4n) is 1.77. The normalized spacial score (nSPS) is 11.3. The Kier molecular flexibility index (Phi) is 5.32. The molecule has 0 fully saturated rings. The summed E-state index contributed by atoms with van der Waals surface area (Å²) in [7, 11) is 1.56. The van der Waals surface area contributed by atoms with E-state index in [9.17, 15) is 9.59 Å². The number of hydrogen-bond donors (Lipinski definition) is 2. The minimum Gasteiger partial charge on any atom is -0.496 e. The summed E-state index contributed by atoms with van der Waals surface area (Å²) in [5, 5.41) is 11.4. The van der Waals surface area contributed by atoms with Crippen LogP contribution in [0.15, 0.2) is 30.3 Å². The summed E-state index contributed by atoms with van der Waals surface area (Å²) in [5.41, 5.74) is -0.0187. The molecule has 0 aromatic heterocycles. The minimum absolute atomic E-state index is 0.138. The van der Waals surface area contributed by atoms with Crippen LogP contribution in [0.4, 0.5) is 0 Å². The molecule has 0 aliphatic heterocycles. The molecule has 5 nitrogen and oxygen atoms in total. The second kappa shape index (κ2) is 6.75. The van der Waals surface area contributed by atoms with Gasteiger partial charge in [-0.3, -0.25) is 9.59 Å². The molecule has 1 aromatic rings. The SMILES string of the molecule is COc1ccccc1C=CC(=O)NC(C)(C)CC(=O)O. The van der Waals surface area contributed by atoms with Gasteiger partial charge >= 0.3 is 5.97 Å². The van der Waals surface area contributed by atoms with E-state index >= 15 is 0 Å². The van der Waals surface area contributed by atoms with Crippen LogP contribution in [0.25, 0.3) is 6.08 Å². The molecule has 0 aliphatic carbocycles. The Hall–Kier alpha value is -2.30. The summed E-state index contributed by atoms with van der Waals surface area (Å²) in [4.78, 5) is 22.5. The van der Waals surface area contributed by atoms with Crippen LogP contribution in [0.5, 0.6) is 5.75 Å². The average molecular weight is 277 g/mol. The van der Waals surface area contributed by atoms with Crippen LogP contribution in [-0.4, -0.2) is 29.6 Å². The van der Waals surface area contributed by atoms with Crippen LogP contribution >= 0.6 is 0 Å². The second-order valence-electron chi connectivity index (χ2n) is 5.02. The molecule has 0 saturated carbocycles. The number of benzene rings is 1. The monoisotopic (exact) mass is 277 g/mol. The smallest absolute Gasteiger partial charge is 0.305 e. The molecule has 20 heavy (non-hydrogen) atoms. The minimum atomic E-state index is -0.955. The van der Waals surface area contributed by atoms with Gasteiger partial charge in [0.25, 0.3) is 0 Å². The van der Waals surface area contributed by atoms with Crippen LogP contribution in [0.2, 0.25) is 0 Å². The van der Waals surface area contributed by atoms with E-state index in [0.717, 1.165) is 5.56 Å². The zero-order valence-electron chi connectivity index (χ0n) is 11.8. The van der Waals surface area contributed by atoms with Crippen molar-refractivity contribution in [3.63, 3.8) is 0 Å². The van der Waals surface area contributed by atoms with Gasteiger partial charge < -0.3 is 15.2 Å². The van der Waals surface area contributed by atoms with Gasteiger partial charge in [0.15, 0.2) is 0 Å². The largest absolute Gasteiger partial charge is 0.496 e. The number of carboxylic acids is 1. The molecule has 2 N–H and O–H groups in total. The highest BCUT2D eigenvalue weighted by Gasteiger charge is 2.22. The van der Waals surface area contributed by atoms with Gasteiger partial charge in [0, 0.05) is 17.2 Å². The Morgan fingerprint density at radius 1 is 1.35 bits per heavy atom. The number of methoxy groups -OCH3 is 1. The number of hydrogen-bond acceptors (Lipinski definition) is 3. The molecule has 0 bridgehead atoms. The van der Waals surface area contributed by atoms with Crippen molar-refractivity contribution < 1.29 is 19.4 Å². The Labute approximate surface area is 118 Å². The van der Waals surface area contributed by atoms with Gasteiger partial charge in [-0.2, -0.15) is 0 Å². The van der Waals surface area contributed by atoms with E-state index in [4.69, 9.17) is 9.84 Å². The van der Waals surface area contributed by atoms with Gasteiger partial charge in [-0.25, -0.2) is 0 Å². The molecular weight excluding hydrogens is 258 g/mol. The lowest BCUT2D eigenvalue weighted by atomic mass is 10.0. The number of aliphatic carboxylic acids is 1. The topological polar surface area (TPSA) is 75.6 Å². The van der Waals surface area contributed by atoms with Crippen molar-refractivity contribution in [2.75, 3.05) is 7.11 Å². The summed E-state index contributed by atoms with van der Waals surface area (Å²) >= 11 is 0. The number of para-hydroxylation sites is 1. The fourth-order valence-corrected chi connectivity index (χ4v) is 1.77. The zero-order chi connectivity index (χ0) is 15.2. The van der Waals surface area contributed by atoms with Crippen molar-refractivity contribution in [3.05, 3.63) is 35.9 Å². The molecule has 0 aliphatic rings. The van der Waals surface area contributed by atoms with Crippen LogP contribution in [0, 0.1) is 0 Å². The lowest BCUT2D eigenvalue weighted by molar-refractivity contribution is -0.138. The van der Waals surface area contributed by atoms with Gasteiger partial charge in [0.2, 0.25) is 5.91 Å². The molecule has 1 amide bonds. The molecule has 5 heteroatoms. The molecular formula is C15H19NO4. The highest BCUT2D eigenvalue weighted by molar-refractivity contribution is 5.92. The number of carbonyl (C=O) groups excluding carboxylic acids is 1.